The van der Waals surface area contributed by atoms with Crippen molar-refractivity contribution >= 4 is 17.5 Å². The fourth-order valence-electron chi connectivity index (χ4n) is 3.16. The third-order valence-corrected chi connectivity index (χ3v) is 4.70. The molecule has 1 heterocycles. The number of tetrazole rings is 1. The number of para-hydroxylation sites is 2. The van der Waals surface area contributed by atoms with Crippen LogP contribution in [0, 0.1) is 0 Å². The number of carbonyl (C=O) groups excluding carboxylic acids is 2. The van der Waals surface area contributed by atoms with Crippen LogP contribution in [0.5, 0.6) is 0 Å². The standard InChI is InChI=1S/C23H20N6O2/c30-22(18-11-5-2-6-12-18)26-20(15-17-9-3-1-4-10-17)23(31)25-19-13-7-8-14-21(19)29-16-24-27-28-29/h1-14,16,20H,15H2,(H,25,31)(H,26,30). The normalized spacial score (nSPS) is 11.5. The molecule has 4 aromatic rings. The molecule has 0 aliphatic carbocycles. The Bertz CT molecular complexity index is 1150. The predicted octanol–water partition coefficient (Wildman–Crippen LogP) is 2.64. The maximum absolute atomic E-state index is 13.2. The Kier molecular flexibility index (Phi) is 6.08. The second kappa shape index (κ2) is 9.45. The number of benzene rings is 3. The summed E-state index contributed by atoms with van der Waals surface area (Å²) in [6.45, 7) is 0. The first-order chi connectivity index (χ1) is 15.2. The Morgan fingerprint density at radius 3 is 2.26 bits per heavy atom. The molecule has 1 atom stereocenters. The van der Waals surface area contributed by atoms with Gasteiger partial charge in [0.05, 0.1) is 11.4 Å². The van der Waals surface area contributed by atoms with Crippen molar-refractivity contribution in [3.8, 4) is 5.69 Å². The molecular formula is C23H20N6O2. The highest BCUT2D eigenvalue weighted by atomic mass is 16.2. The molecule has 1 aromatic heterocycles. The van der Waals surface area contributed by atoms with E-state index in [1.54, 1.807) is 42.5 Å². The van der Waals surface area contributed by atoms with Crippen molar-refractivity contribution in [1.82, 2.24) is 25.5 Å². The first kappa shape index (κ1) is 20.0. The Balaban J connectivity index is 1.58. The molecule has 0 saturated carbocycles. The lowest BCUT2D eigenvalue weighted by Crippen LogP contribution is -2.45. The number of rotatable bonds is 7. The van der Waals surface area contributed by atoms with Crippen molar-refractivity contribution < 1.29 is 9.59 Å². The van der Waals surface area contributed by atoms with E-state index in [1.807, 2.05) is 42.5 Å². The lowest BCUT2D eigenvalue weighted by atomic mass is 10.0. The fraction of sp³-hybridized carbons (Fsp3) is 0.0870. The van der Waals surface area contributed by atoms with Crippen molar-refractivity contribution in [2.75, 3.05) is 5.32 Å². The zero-order valence-corrected chi connectivity index (χ0v) is 16.6. The molecule has 2 amide bonds. The number of nitrogens with one attached hydrogen (secondary N) is 2. The second-order valence-electron chi connectivity index (χ2n) is 6.84. The van der Waals surface area contributed by atoms with Gasteiger partial charge in [-0.3, -0.25) is 9.59 Å². The summed E-state index contributed by atoms with van der Waals surface area (Å²) in [5, 5.41) is 16.9. The molecular weight excluding hydrogens is 392 g/mol. The van der Waals surface area contributed by atoms with Crippen LogP contribution in [0.15, 0.2) is 91.3 Å². The third-order valence-electron chi connectivity index (χ3n) is 4.70. The number of aromatic nitrogens is 4. The SMILES string of the molecule is O=C(NC(Cc1ccccc1)C(=O)Nc1ccccc1-n1cnnn1)c1ccccc1. The summed E-state index contributed by atoms with van der Waals surface area (Å²) in [4.78, 5) is 26.0. The van der Waals surface area contributed by atoms with E-state index >= 15 is 0 Å². The average Bonchev–Trinajstić information content (AvgIpc) is 3.35. The van der Waals surface area contributed by atoms with Gasteiger partial charge in [0.2, 0.25) is 5.91 Å². The molecule has 2 N–H and O–H groups in total. The zero-order chi connectivity index (χ0) is 21.5. The summed E-state index contributed by atoms with van der Waals surface area (Å²) in [5.74, 6) is -0.654. The molecule has 0 bridgehead atoms. The number of hydrogen-bond donors (Lipinski definition) is 2. The number of nitrogens with zero attached hydrogens (tertiary/aromatic N) is 4. The molecule has 1 unspecified atom stereocenters. The maximum atomic E-state index is 13.2. The molecule has 8 heteroatoms. The van der Waals surface area contributed by atoms with Crippen molar-refractivity contribution in [1.29, 1.82) is 0 Å². The first-order valence-electron chi connectivity index (χ1n) is 9.74. The van der Waals surface area contributed by atoms with Gasteiger partial charge in [0.1, 0.15) is 12.4 Å². The van der Waals surface area contributed by atoms with Gasteiger partial charge in [0.15, 0.2) is 0 Å². The lowest BCUT2D eigenvalue weighted by molar-refractivity contribution is -0.118. The summed E-state index contributed by atoms with van der Waals surface area (Å²) in [7, 11) is 0. The summed E-state index contributed by atoms with van der Waals surface area (Å²) >= 11 is 0. The highest BCUT2D eigenvalue weighted by molar-refractivity contribution is 6.02. The van der Waals surface area contributed by atoms with E-state index in [1.165, 1.54) is 11.0 Å². The largest absolute Gasteiger partial charge is 0.340 e. The van der Waals surface area contributed by atoms with E-state index in [2.05, 4.69) is 26.2 Å². The van der Waals surface area contributed by atoms with Crippen LogP contribution in [0.4, 0.5) is 5.69 Å². The molecule has 0 fully saturated rings. The van der Waals surface area contributed by atoms with Crippen LogP contribution in [-0.2, 0) is 11.2 Å². The van der Waals surface area contributed by atoms with Gasteiger partial charge in [-0.2, -0.15) is 4.68 Å². The molecule has 8 nitrogen and oxygen atoms in total. The van der Waals surface area contributed by atoms with Gasteiger partial charge in [-0.05, 0) is 40.3 Å². The van der Waals surface area contributed by atoms with Gasteiger partial charge in [-0.25, -0.2) is 0 Å². The highest BCUT2D eigenvalue weighted by Gasteiger charge is 2.23. The zero-order valence-electron chi connectivity index (χ0n) is 16.6. The molecule has 0 aliphatic heterocycles. The van der Waals surface area contributed by atoms with E-state index in [4.69, 9.17) is 0 Å². The quantitative estimate of drug-likeness (QED) is 0.486. The van der Waals surface area contributed by atoms with Crippen LogP contribution < -0.4 is 10.6 Å². The highest BCUT2D eigenvalue weighted by Crippen LogP contribution is 2.19. The molecule has 0 aliphatic rings. The second-order valence-corrected chi connectivity index (χ2v) is 6.84. The molecule has 154 valence electrons. The smallest absolute Gasteiger partial charge is 0.251 e. The molecule has 31 heavy (non-hydrogen) atoms. The van der Waals surface area contributed by atoms with Crippen molar-refractivity contribution in [3.63, 3.8) is 0 Å². The summed E-state index contributed by atoms with van der Waals surface area (Å²) in [6.07, 6.45) is 1.79. The van der Waals surface area contributed by atoms with Gasteiger partial charge >= 0.3 is 0 Å². The van der Waals surface area contributed by atoms with Crippen molar-refractivity contribution in [2.45, 2.75) is 12.5 Å². The van der Waals surface area contributed by atoms with Crippen LogP contribution in [-0.4, -0.2) is 38.1 Å². The minimum Gasteiger partial charge on any atom is -0.340 e. The van der Waals surface area contributed by atoms with Gasteiger partial charge < -0.3 is 10.6 Å². The van der Waals surface area contributed by atoms with Crippen LogP contribution in [0.2, 0.25) is 0 Å². The average molecular weight is 412 g/mol. The number of hydrogen-bond acceptors (Lipinski definition) is 5. The Hall–Kier alpha value is -4.33. The number of anilines is 1. The van der Waals surface area contributed by atoms with E-state index in [-0.39, 0.29) is 11.8 Å². The van der Waals surface area contributed by atoms with Crippen molar-refractivity contribution in [3.05, 3.63) is 102 Å². The van der Waals surface area contributed by atoms with Gasteiger partial charge in [0.25, 0.3) is 5.91 Å². The minimum atomic E-state index is -0.781. The number of carbonyl (C=O) groups is 2. The summed E-state index contributed by atoms with van der Waals surface area (Å²) in [5.41, 5.74) is 2.58. The minimum absolute atomic E-state index is 0.314. The Morgan fingerprint density at radius 2 is 1.55 bits per heavy atom. The van der Waals surface area contributed by atoms with E-state index in [9.17, 15) is 9.59 Å². The van der Waals surface area contributed by atoms with E-state index < -0.39 is 6.04 Å². The predicted molar refractivity (Wildman–Crippen MR) is 116 cm³/mol. The molecule has 0 saturated heterocycles. The maximum Gasteiger partial charge on any atom is 0.251 e. The van der Waals surface area contributed by atoms with Gasteiger partial charge in [0, 0.05) is 12.0 Å². The van der Waals surface area contributed by atoms with Gasteiger partial charge in [-0.15, -0.1) is 5.10 Å². The summed E-state index contributed by atoms with van der Waals surface area (Å²) in [6, 6.07) is 24.8. The molecule has 4 rings (SSSR count). The first-order valence-corrected chi connectivity index (χ1v) is 9.74. The van der Waals surface area contributed by atoms with E-state index in [0.717, 1.165) is 5.56 Å². The van der Waals surface area contributed by atoms with Crippen LogP contribution >= 0.6 is 0 Å². The van der Waals surface area contributed by atoms with E-state index in [0.29, 0.717) is 23.4 Å². The van der Waals surface area contributed by atoms with Gasteiger partial charge in [-0.1, -0.05) is 60.7 Å². The molecule has 0 radical (unpaired) electrons. The Labute approximate surface area is 178 Å². The summed E-state index contributed by atoms with van der Waals surface area (Å²) < 4.78 is 1.46. The third kappa shape index (κ3) is 4.99. The van der Waals surface area contributed by atoms with Crippen LogP contribution in [0.1, 0.15) is 15.9 Å². The van der Waals surface area contributed by atoms with Crippen LogP contribution in [0.3, 0.4) is 0 Å². The lowest BCUT2D eigenvalue weighted by Gasteiger charge is -2.20. The fourth-order valence-corrected chi connectivity index (χ4v) is 3.16. The molecule has 3 aromatic carbocycles. The monoisotopic (exact) mass is 412 g/mol. The van der Waals surface area contributed by atoms with Crippen molar-refractivity contribution in [2.24, 2.45) is 0 Å². The van der Waals surface area contributed by atoms with Crippen LogP contribution in [0.25, 0.3) is 5.69 Å². The Morgan fingerprint density at radius 1 is 0.871 bits per heavy atom. The number of amides is 2. The topological polar surface area (TPSA) is 102 Å². The molecule has 0 spiro atoms.